The Kier molecular flexibility index (Phi) is 8.36. The summed E-state index contributed by atoms with van der Waals surface area (Å²) in [5.74, 6) is 1.94. The number of rotatable bonds is 6. The topological polar surface area (TPSA) is 38.7 Å². The summed E-state index contributed by atoms with van der Waals surface area (Å²) in [6, 6.07) is 75.9. The van der Waals surface area contributed by atoms with E-state index < -0.39 is 0 Å². The lowest BCUT2D eigenvalue weighted by Crippen LogP contribution is -2.01. The molecule has 0 saturated carbocycles. The summed E-state index contributed by atoms with van der Waals surface area (Å²) in [6.07, 6.45) is 0. The maximum atomic E-state index is 5.33. The summed E-state index contributed by atoms with van der Waals surface area (Å²) in [7, 11) is 0. The summed E-state index contributed by atoms with van der Waals surface area (Å²) >= 11 is 1.79. The Morgan fingerprint density at radius 2 is 0.836 bits per heavy atom. The van der Waals surface area contributed by atoms with Gasteiger partial charge in [-0.1, -0.05) is 176 Å². The van der Waals surface area contributed by atoms with Crippen molar-refractivity contribution in [1.29, 1.82) is 0 Å². The van der Waals surface area contributed by atoms with Gasteiger partial charge in [-0.05, 0) is 102 Å². The second kappa shape index (κ2) is 14.5. The number of nitrogens with zero attached hydrogens (tertiary/aromatic N) is 3. The Morgan fingerprint density at radius 3 is 1.66 bits per heavy atom. The molecule has 0 fully saturated rings. The second-order valence-electron chi connectivity index (χ2n) is 15.5. The minimum Gasteiger partial charge on any atom is -0.208 e. The quantitative estimate of drug-likeness (QED) is 0.168. The Morgan fingerprint density at radius 1 is 0.262 bits per heavy atom. The average Bonchev–Trinajstić information content (AvgIpc) is 3.72. The van der Waals surface area contributed by atoms with Crippen molar-refractivity contribution >= 4 is 63.8 Å². The fourth-order valence-corrected chi connectivity index (χ4v) is 10.1. The van der Waals surface area contributed by atoms with Gasteiger partial charge in [-0.25, -0.2) is 15.0 Å². The Bertz CT molecular complexity index is 3650. The van der Waals surface area contributed by atoms with Crippen LogP contribution >= 0.6 is 11.3 Å². The van der Waals surface area contributed by atoms with Crippen LogP contribution in [0.5, 0.6) is 0 Å². The van der Waals surface area contributed by atoms with Crippen molar-refractivity contribution in [2.45, 2.75) is 0 Å². The first-order chi connectivity index (χ1) is 30.2. The lowest BCUT2D eigenvalue weighted by atomic mass is 9.93. The number of hydrogen-bond donors (Lipinski definition) is 0. The molecule has 0 atom stereocenters. The van der Waals surface area contributed by atoms with Gasteiger partial charge >= 0.3 is 0 Å². The molecule has 2 heterocycles. The van der Waals surface area contributed by atoms with Crippen LogP contribution in [0.15, 0.2) is 212 Å². The normalized spacial score (nSPS) is 11.6. The largest absolute Gasteiger partial charge is 0.208 e. The third-order valence-electron chi connectivity index (χ3n) is 11.9. The van der Waals surface area contributed by atoms with E-state index in [4.69, 9.17) is 15.0 Å². The maximum Gasteiger partial charge on any atom is 0.165 e. The lowest BCUT2D eigenvalue weighted by Gasteiger charge is -2.14. The molecule has 4 heteroatoms. The van der Waals surface area contributed by atoms with Crippen LogP contribution in [0.3, 0.4) is 0 Å². The molecular weight excluding hydrogens is 759 g/mol. The molecule has 0 N–H and O–H groups in total. The minimum absolute atomic E-state index is 0.635. The van der Waals surface area contributed by atoms with Gasteiger partial charge in [0, 0.05) is 36.9 Å². The fraction of sp³-hybridized carbons (Fsp3) is 0. The van der Waals surface area contributed by atoms with E-state index >= 15 is 0 Å². The third-order valence-corrected chi connectivity index (χ3v) is 13.1. The van der Waals surface area contributed by atoms with Crippen LogP contribution in [0.4, 0.5) is 0 Å². The summed E-state index contributed by atoms with van der Waals surface area (Å²) in [5, 5.41) is 9.61. The summed E-state index contributed by atoms with van der Waals surface area (Å²) < 4.78 is 2.42. The van der Waals surface area contributed by atoms with E-state index in [9.17, 15) is 0 Å². The van der Waals surface area contributed by atoms with Crippen molar-refractivity contribution in [3.8, 4) is 67.5 Å². The van der Waals surface area contributed by atoms with Crippen molar-refractivity contribution in [2.24, 2.45) is 0 Å². The van der Waals surface area contributed by atoms with Crippen molar-refractivity contribution < 1.29 is 0 Å². The first-order valence-electron chi connectivity index (χ1n) is 20.6. The zero-order valence-corrected chi connectivity index (χ0v) is 33.8. The predicted octanol–water partition coefficient (Wildman–Crippen LogP) is 15.7. The van der Waals surface area contributed by atoms with E-state index in [1.165, 1.54) is 64.0 Å². The van der Waals surface area contributed by atoms with E-state index in [1.54, 1.807) is 11.3 Å². The Hall–Kier alpha value is -7.79. The van der Waals surface area contributed by atoms with E-state index in [2.05, 4.69) is 212 Å². The Balaban J connectivity index is 1.02. The average molecular weight is 794 g/mol. The monoisotopic (exact) mass is 793 g/mol. The van der Waals surface area contributed by atoms with Crippen LogP contribution in [0.2, 0.25) is 0 Å². The molecule has 2 aromatic heterocycles. The number of hydrogen-bond acceptors (Lipinski definition) is 4. The van der Waals surface area contributed by atoms with Gasteiger partial charge in [0.15, 0.2) is 17.5 Å². The predicted molar refractivity (Wildman–Crippen MR) is 258 cm³/mol. The van der Waals surface area contributed by atoms with Crippen LogP contribution in [-0.2, 0) is 0 Å². The van der Waals surface area contributed by atoms with Crippen LogP contribution in [-0.4, -0.2) is 15.0 Å². The number of aromatic nitrogens is 3. The van der Waals surface area contributed by atoms with E-state index in [1.807, 2.05) is 0 Å². The molecule has 0 spiro atoms. The van der Waals surface area contributed by atoms with Gasteiger partial charge in [-0.2, -0.15) is 0 Å². The molecule has 0 bridgehead atoms. The zero-order chi connectivity index (χ0) is 40.3. The lowest BCUT2D eigenvalue weighted by molar-refractivity contribution is 1.08. The molecule has 12 aromatic rings. The molecule has 0 aliphatic carbocycles. The standard InChI is InChI=1S/C57H35N3S/c1-2-14-38(15-3-1)52-35-43(34-41-17-6-7-18-44(41)52)37-25-28-39(29-26-37)55-58-56(60-57(59-55)51-23-12-22-49-48-21-10-11-24-53(48)61-54(49)51)50-32-31-45(46-19-8-9-20-47(46)50)42-30-27-36-13-4-5-16-40(36)33-42/h1-35H. The maximum absolute atomic E-state index is 5.33. The van der Waals surface area contributed by atoms with Crippen LogP contribution < -0.4 is 0 Å². The van der Waals surface area contributed by atoms with Crippen molar-refractivity contribution in [1.82, 2.24) is 15.0 Å². The highest BCUT2D eigenvalue weighted by molar-refractivity contribution is 7.26. The number of benzene rings is 10. The van der Waals surface area contributed by atoms with Gasteiger partial charge in [-0.15, -0.1) is 11.3 Å². The van der Waals surface area contributed by atoms with E-state index in [-0.39, 0.29) is 0 Å². The summed E-state index contributed by atoms with van der Waals surface area (Å²) in [5.41, 5.74) is 9.97. The van der Waals surface area contributed by atoms with Gasteiger partial charge in [0.05, 0.1) is 0 Å². The van der Waals surface area contributed by atoms with Crippen molar-refractivity contribution in [3.05, 3.63) is 212 Å². The zero-order valence-electron chi connectivity index (χ0n) is 33.0. The molecule has 0 aliphatic rings. The van der Waals surface area contributed by atoms with E-state index in [0.29, 0.717) is 17.5 Å². The molecule has 0 amide bonds. The van der Waals surface area contributed by atoms with Gasteiger partial charge in [0.25, 0.3) is 0 Å². The first kappa shape index (κ1) is 35.2. The highest BCUT2D eigenvalue weighted by Crippen LogP contribution is 2.41. The smallest absolute Gasteiger partial charge is 0.165 e. The van der Waals surface area contributed by atoms with E-state index in [0.717, 1.165) is 38.6 Å². The SMILES string of the molecule is c1ccc(-c2cc(-c3ccc(-c4nc(-c5ccc(-c6ccc7ccccc7c6)c6ccccc56)nc(-c5cccc6c5sc5ccccc56)n4)cc3)cc3ccccc23)cc1. The molecule has 10 aromatic carbocycles. The highest BCUT2D eigenvalue weighted by Gasteiger charge is 2.19. The molecule has 0 radical (unpaired) electrons. The molecule has 61 heavy (non-hydrogen) atoms. The molecule has 12 rings (SSSR count). The van der Waals surface area contributed by atoms with Crippen molar-refractivity contribution in [3.63, 3.8) is 0 Å². The Labute approximate surface area is 356 Å². The number of thiophene rings is 1. The van der Waals surface area contributed by atoms with Gasteiger partial charge in [0.1, 0.15) is 0 Å². The first-order valence-corrected chi connectivity index (χ1v) is 21.4. The van der Waals surface area contributed by atoms with Crippen LogP contribution in [0.1, 0.15) is 0 Å². The molecule has 284 valence electrons. The fourth-order valence-electron chi connectivity index (χ4n) is 8.92. The summed E-state index contributed by atoms with van der Waals surface area (Å²) in [4.78, 5) is 15.9. The van der Waals surface area contributed by atoms with Gasteiger partial charge < -0.3 is 0 Å². The van der Waals surface area contributed by atoms with Crippen LogP contribution in [0, 0.1) is 0 Å². The third kappa shape index (κ3) is 6.16. The molecule has 0 aliphatic heterocycles. The van der Waals surface area contributed by atoms with Gasteiger partial charge in [-0.3, -0.25) is 0 Å². The van der Waals surface area contributed by atoms with Crippen molar-refractivity contribution in [2.75, 3.05) is 0 Å². The summed E-state index contributed by atoms with van der Waals surface area (Å²) in [6.45, 7) is 0. The second-order valence-corrected chi connectivity index (χ2v) is 16.6. The number of fused-ring (bicyclic) bond motifs is 6. The molecular formula is C57H35N3S. The molecule has 0 unspecified atom stereocenters. The molecule has 0 saturated heterocycles. The minimum atomic E-state index is 0.635. The molecule has 3 nitrogen and oxygen atoms in total. The highest BCUT2D eigenvalue weighted by atomic mass is 32.1. The van der Waals surface area contributed by atoms with Crippen LogP contribution in [0.25, 0.3) is 120 Å². The van der Waals surface area contributed by atoms with Gasteiger partial charge in [0.2, 0.25) is 0 Å².